The minimum Gasteiger partial charge on any atom is -0.458 e. The van der Waals surface area contributed by atoms with Crippen molar-refractivity contribution in [3.8, 4) is 0 Å². The number of allylic oxidation sites excluding steroid dienone is 1. The number of nitrogens with zero attached hydrogens (tertiary/aromatic N) is 1. The topological polar surface area (TPSA) is 69.4 Å². The number of unbranched alkanes of at least 4 members (excludes halogenated alkanes) is 7. The van der Waals surface area contributed by atoms with Gasteiger partial charge in [-0.15, -0.1) is 0 Å². The summed E-state index contributed by atoms with van der Waals surface area (Å²) >= 11 is 3.51. The molecule has 0 atom stereocenters. The zero-order chi connectivity index (χ0) is 19.2. The molecule has 0 spiro atoms. The van der Waals surface area contributed by atoms with E-state index in [4.69, 9.17) is 4.74 Å². The van der Waals surface area contributed by atoms with Crippen molar-refractivity contribution in [3.05, 3.63) is 50.5 Å². The van der Waals surface area contributed by atoms with E-state index in [0.29, 0.717) is 5.56 Å². The van der Waals surface area contributed by atoms with E-state index in [1.54, 1.807) is 0 Å². The van der Waals surface area contributed by atoms with Crippen LogP contribution in [-0.4, -0.2) is 17.5 Å². The summed E-state index contributed by atoms with van der Waals surface area (Å²) in [5.74, 6) is -0.483. The minimum absolute atomic E-state index is 0.0467. The van der Waals surface area contributed by atoms with Crippen molar-refractivity contribution in [1.82, 2.24) is 0 Å². The van der Waals surface area contributed by atoms with Gasteiger partial charge in [0.05, 0.1) is 10.5 Å². The SMILES string of the molecule is CCCCCCCCCC/C(Br)=C/COC(=O)c1ccc([N+](=O)[O-])cc1. The standard InChI is InChI=1S/C20H28BrNO4/c1-2-3-4-5-6-7-8-9-10-18(21)15-16-26-20(23)17-11-13-19(14-12-17)22(24)25/h11-15H,2-10,16H2,1H3/b18-15-. The molecule has 0 fully saturated rings. The molecular formula is C20H28BrNO4. The predicted molar refractivity (Wildman–Crippen MR) is 108 cm³/mol. The summed E-state index contributed by atoms with van der Waals surface area (Å²) in [5, 5.41) is 10.6. The molecule has 0 saturated carbocycles. The number of nitro benzene ring substituents is 1. The Bertz CT molecular complexity index is 584. The van der Waals surface area contributed by atoms with E-state index in [1.807, 2.05) is 6.08 Å². The van der Waals surface area contributed by atoms with Gasteiger partial charge in [0, 0.05) is 12.1 Å². The number of halogens is 1. The Kier molecular flexibility index (Phi) is 11.6. The first-order valence-electron chi connectivity index (χ1n) is 9.30. The molecule has 0 aliphatic rings. The smallest absolute Gasteiger partial charge is 0.338 e. The quantitative estimate of drug-likeness (QED) is 0.155. The summed E-state index contributed by atoms with van der Waals surface area (Å²) in [6, 6.07) is 5.40. The maximum absolute atomic E-state index is 11.9. The van der Waals surface area contributed by atoms with Crippen LogP contribution in [0.4, 0.5) is 5.69 Å². The Labute approximate surface area is 164 Å². The van der Waals surface area contributed by atoms with Gasteiger partial charge < -0.3 is 4.74 Å². The number of carbonyl (C=O) groups excluding carboxylic acids is 1. The Balaban J connectivity index is 2.17. The molecule has 144 valence electrons. The van der Waals surface area contributed by atoms with Gasteiger partial charge in [-0.05, 0) is 35.5 Å². The third-order valence-corrected chi connectivity index (χ3v) is 4.82. The first kappa shape index (κ1) is 22.4. The zero-order valence-corrected chi connectivity index (χ0v) is 17.0. The monoisotopic (exact) mass is 425 g/mol. The lowest BCUT2D eigenvalue weighted by Crippen LogP contribution is -2.05. The van der Waals surface area contributed by atoms with E-state index in [0.717, 1.165) is 17.3 Å². The molecule has 26 heavy (non-hydrogen) atoms. The molecule has 0 radical (unpaired) electrons. The van der Waals surface area contributed by atoms with Crippen molar-refractivity contribution in [2.24, 2.45) is 0 Å². The number of carbonyl (C=O) groups is 1. The summed E-state index contributed by atoms with van der Waals surface area (Å²) in [5.41, 5.74) is 0.262. The second kappa shape index (κ2) is 13.5. The largest absolute Gasteiger partial charge is 0.458 e. The van der Waals surface area contributed by atoms with Gasteiger partial charge in [-0.3, -0.25) is 10.1 Å². The molecule has 0 aromatic heterocycles. The maximum Gasteiger partial charge on any atom is 0.338 e. The number of nitro groups is 1. The Morgan fingerprint density at radius 2 is 1.65 bits per heavy atom. The van der Waals surface area contributed by atoms with Crippen LogP contribution in [0.2, 0.25) is 0 Å². The van der Waals surface area contributed by atoms with Crippen LogP contribution in [0.25, 0.3) is 0 Å². The number of rotatable bonds is 13. The van der Waals surface area contributed by atoms with E-state index in [2.05, 4.69) is 22.9 Å². The van der Waals surface area contributed by atoms with Crippen LogP contribution >= 0.6 is 15.9 Å². The van der Waals surface area contributed by atoms with E-state index in [1.165, 1.54) is 69.2 Å². The second-order valence-electron chi connectivity index (χ2n) is 6.28. The van der Waals surface area contributed by atoms with Gasteiger partial charge in [0.2, 0.25) is 0 Å². The number of hydrogen-bond acceptors (Lipinski definition) is 4. The van der Waals surface area contributed by atoms with E-state index >= 15 is 0 Å². The Morgan fingerprint density at radius 1 is 1.08 bits per heavy atom. The summed E-state index contributed by atoms with van der Waals surface area (Å²) in [6.45, 7) is 2.42. The highest BCUT2D eigenvalue weighted by Crippen LogP contribution is 2.17. The third-order valence-electron chi connectivity index (χ3n) is 4.10. The summed E-state index contributed by atoms with van der Waals surface area (Å²) in [6.07, 6.45) is 13.0. The van der Waals surface area contributed by atoms with Gasteiger partial charge in [-0.25, -0.2) is 4.79 Å². The minimum atomic E-state index is -0.500. The Morgan fingerprint density at radius 3 is 2.23 bits per heavy atom. The van der Waals surface area contributed by atoms with Crippen molar-refractivity contribution in [2.45, 2.75) is 64.7 Å². The number of hydrogen-bond donors (Lipinski definition) is 0. The third kappa shape index (κ3) is 9.70. The lowest BCUT2D eigenvalue weighted by Gasteiger charge is -2.04. The number of esters is 1. The normalized spacial score (nSPS) is 11.4. The molecule has 0 unspecified atom stereocenters. The van der Waals surface area contributed by atoms with Gasteiger partial charge in [0.25, 0.3) is 5.69 Å². The van der Waals surface area contributed by atoms with Gasteiger partial charge in [0.1, 0.15) is 6.61 Å². The highest BCUT2D eigenvalue weighted by Gasteiger charge is 2.10. The van der Waals surface area contributed by atoms with Crippen LogP contribution in [0.5, 0.6) is 0 Å². The van der Waals surface area contributed by atoms with E-state index < -0.39 is 10.9 Å². The fraction of sp³-hybridized carbons (Fsp3) is 0.550. The van der Waals surface area contributed by atoms with Crippen LogP contribution in [0.15, 0.2) is 34.8 Å². The molecule has 6 heteroatoms. The highest BCUT2D eigenvalue weighted by molar-refractivity contribution is 9.11. The fourth-order valence-electron chi connectivity index (χ4n) is 2.54. The summed E-state index contributed by atoms with van der Waals surface area (Å²) in [4.78, 5) is 22.0. The molecule has 1 aromatic carbocycles. The summed E-state index contributed by atoms with van der Waals surface area (Å²) < 4.78 is 6.21. The second-order valence-corrected chi connectivity index (χ2v) is 7.30. The predicted octanol–water partition coefficient (Wildman–Crippen LogP) is 6.56. The molecule has 0 aliphatic heterocycles. The van der Waals surface area contributed by atoms with Crippen LogP contribution in [0.1, 0.15) is 75.1 Å². The molecule has 0 bridgehead atoms. The van der Waals surface area contributed by atoms with Gasteiger partial charge in [-0.1, -0.05) is 67.8 Å². The van der Waals surface area contributed by atoms with Crippen LogP contribution in [0.3, 0.4) is 0 Å². The van der Waals surface area contributed by atoms with Crippen LogP contribution < -0.4 is 0 Å². The molecule has 1 rings (SSSR count). The molecule has 0 saturated heterocycles. The number of non-ortho nitro benzene ring substituents is 1. The molecule has 0 N–H and O–H groups in total. The molecule has 0 heterocycles. The van der Waals surface area contributed by atoms with Gasteiger partial charge >= 0.3 is 5.97 Å². The lowest BCUT2D eigenvalue weighted by atomic mass is 10.1. The van der Waals surface area contributed by atoms with Crippen molar-refractivity contribution < 1.29 is 14.5 Å². The average molecular weight is 426 g/mol. The molecular weight excluding hydrogens is 398 g/mol. The average Bonchev–Trinajstić information content (AvgIpc) is 2.64. The lowest BCUT2D eigenvalue weighted by molar-refractivity contribution is -0.384. The first-order valence-corrected chi connectivity index (χ1v) is 10.1. The Hall–Kier alpha value is -1.69. The number of ether oxygens (including phenoxy) is 1. The number of benzene rings is 1. The fourth-order valence-corrected chi connectivity index (χ4v) is 2.95. The van der Waals surface area contributed by atoms with Crippen molar-refractivity contribution in [2.75, 3.05) is 6.61 Å². The first-order chi connectivity index (χ1) is 12.5. The van der Waals surface area contributed by atoms with E-state index in [-0.39, 0.29) is 12.3 Å². The molecule has 5 nitrogen and oxygen atoms in total. The summed E-state index contributed by atoms with van der Waals surface area (Å²) in [7, 11) is 0. The van der Waals surface area contributed by atoms with Crippen molar-refractivity contribution in [1.29, 1.82) is 0 Å². The van der Waals surface area contributed by atoms with Crippen molar-refractivity contribution in [3.63, 3.8) is 0 Å². The molecule has 1 aromatic rings. The van der Waals surface area contributed by atoms with Gasteiger partial charge in [-0.2, -0.15) is 0 Å². The van der Waals surface area contributed by atoms with Crippen LogP contribution in [0, 0.1) is 10.1 Å². The van der Waals surface area contributed by atoms with E-state index in [9.17, 15) is 14.9 Å². The highest BCUT2D eigenvalue weighted by atomic mass is 79.9. The van der Waals surface area contributed by atoms with Crippen LogP contribution in [-0.2, 0) is 4.74 Å². The molecule has 0 amide bonds. The van der Waals surface area contributed by atoms with Crippen molar-refractivity contribution >= 4 is 27.6 Å². The maximum atomic E-state index is 11.9. The molecule has 0 aliphatic carbocycles. The van der Waals surface area contributed by atoms with Gasteiger partial charge in [0.15, 0.2) is 0 Å². The zero-order valence-electron chi connectivity index (χ0n) is 15.4.